The van der Waals surface area contributed by atoms with Crippen LogP contribution in [0.4, 0.5) is 0 Å². The first-order valence-corrected chi connectivity index (χ1v) is 12.1. The molecular weight excluding hydrogens is 584 g/mol. The van der Waals surface area contributed by atoms with E-state index >= 15 is 0 Å². The van der Waals surface area contributed by atoms with Crippen LogP contribution in [0.1, 0.15) is 21.0 Å². The van der Waals surface area contributed by atoms with E-state index in [-0.39, 0.29) is 11.6 Å². The zero-order valence-electron chi connectivity index (χ0n) is 19.4. The Kier molecular flexibility index (Phi) is 11.9. The van der Waals surface area contributed by atoms with Crippen molar-refractivity contribution in [1.29, 1.82) is 0 Å². The minimum Gasteiger partial charge on any atom is -0.477 e. The molecule has 1 amide bonds. The van der Waals surface area contributed by atoms with Gasteiger partial charge in [-0.2, -0.15) is 0 Å². The lowest BCUT2D eigenvalue weighted by atomic mass is 10.2. The number of methoxy groups -OCH3 is 2. The lowest BCUT2D eigenvalue weighted by Gasteiger charge is -2.01. The van der Waals surface area contributed by atoms with E-state index in [1.165, 1.54) is 0 Å². The summed E-state index contributed by atoms with van der Waals surface area (Å²) in [5, 5.41) is 13.4. The maximum atomic E-state index is 11.8. The van der Waals surface area contributed by atoms with Gasteiger partial charge in [-0.1, -0.05) is 31.9 Å². The van der Waals surface area contributed by atoms with Crippen molar-refractivity contribution < 1.29 is 24.2 Å². The number of halogens is 2. The van der Waals surface area contributed by atoms with Crippen molar-refractivity contribution in [1.82, 2.24) is 15.3 Å². The quantitative estimate of drug-likeness (QED) is 0.194. The van der Waals surface area contributed by atoms with E-state index in [0.29, 0.717) is 32.0 Å². The second-order valence-electron chi connectivity index (χ2n) is 7.16. The molecule has 0 saturated heterocycles. The molecule has 2 heterocycles. The van der Waals surface area contributed by atoms with Gasteiger partial charge in [0.05, 0.1) is 13.2 Å². The Morgan fingerprint density at radius 3 is 1.86 bits per heavy atom. The smallest absolute Gasteiger partial charge is 0.352 e. The Bertz CT molecular complexity index is 1250. The van der Waals surface area contributed by atoms with Crippen molar-refractivity contribution in [2.75, 3.05) is 40.5 Å². The van der Waals surface area contributed by atoms with Crippen molar-refractivity contribution in [3.8, 4) is 0 Å². The summed E-state index contributed by atoms with van der Waals surface area (Å²) >= 11 is 6.72. The largest absolute Gasteiger partial charge is 0.477 e. The minimum atomic E-state index is -0.938. The predicted octanol–water partition coefficient (Wildman–Crippen LogP) is 4.53. The number of carbonyl (C=O) groups excluding carboxylic acids is 1. The van der Waals surface area contributed by atoms with Gasteiger partial charge >= 0.3 is 5.97 Å². The molecule has 0 aliphatic carbocycles. The molecule has 2 aromatic carbocycles. The molecule has 35 heavy (non-hydrogen) atoms. The van der Waals surface area contributed by atoms with Gasteiger partial charge in [0.25, 0.3) is 5.91 Å². The Balaban J connectivity index is 0.000000212. The summed E-state index contributed by atoms with van der Waals surface area (Å²) in [6.45, 7) is 2.31. The van der Waals surface area contributed by atoms with Crippen molar-refractivity contribution in [2.24, 2.45) is 5.73 Å². The van der Waals surface area contributed by atoms with Crippen LogP contribution in [0.25, 0.3) is 21.8 Å². The molecule has 0 bridgehead atoms. The zero-order chi connectivity index (χ0) is 25.8. The molecule has 188 valence electrons. The summed E-state index contributed by atoms with van der Waals surface area (Å²) in [6, 6.07) is 14.9. The first-order valence-electron chi connectivity index (χ1n) is 10.5. The topological polar surface area (TPSA) is 142 Å². The van der Waals surface area contributed by atoms with Gasteiger partial charge in [0.2, 0.25) is 0 Å². The Hall–Kier alpha value is -2.70. The number of H-pyrrole nitrogens is 2. The highest BCUT2D eigenvalue weighted by molar-refractivity contribution is 9.10. The number of aromatic nitrogens is 2. The number of nitrogens with one attached hydrogen (secondary N) is 3. The molecule has 11 heteroatoms. The molecule has 4 rings (SSSR count). The molecular formula is C24H28Br2N4O5. The van der Waals surface area contributed by atoms with Crippen LogP contribution in [0.2, 0.25) is 0 Å². The number of fused-ring (bicyclic) bond motifs is 2. The van der Waals surface area contributed by atoms with E-state index in [1.54, 1.807) is 20.3 Å². The molecule has 0 atom stereocenters. The second-order valence-corrected chi connectivity index (χ2v) is 9.00. The Labute approximate surface area is 219 Å². The third-order valence-corrected chi connectivity index (χ3v) is 5.54. The van der Waals surface area contributed by atoms with Gasteiger partial charge in [-0.15, -0.1) is 0 Å². The van der Waals surface area contributed by atoms with E-state index in [2.05, 4.69) is 51.9 Å². The van der Waals surface area contributed by atoms with Crippen molar-refractivity contribution >= 4 is 65.5 Å². The number of carbonyl (C=O) groups is 2. The molecule has 4 aromatic rings. The second kappa shape index (κ2) is 14.6. The summed E-state index contributed by atoms with van der Waals surface area (Å²) in [7, 11) is 3.24. The standard InChI is InChI=1S/C12H13BrN2O2.C9H6BrNO2.C3H9NO/c1-17-5-4-14-12(16)11-7-8-6-9(13)2-3-10(8)15-11;10-6-1-2-7-5(3-6)4-8(11-7)9(12)13;1-5-3-2-4/h2-3,6-7,15H,4-5H2,1H3,(H,14,16);1-4,11H,(H,12,13);2-4H2,1H3. The molecule has 2 aromatic heterocycles. The number of carboxylic acid groups (broad SMARTS) is 1. The maximum absolute atomic E-state index is 11.8. The third kappa shape index (κ3) is 9.11. The molecule has 0 aliphatic rings. The summed E-state index contributed by atoms with van der Waals surface area (Å²) in [6.07, 6.45) is 0. The molecule has 0 unspecified atom stereocenters. The van der Waals surface area contributed by atoms with E-state index in [4.69, 9.17) is 15.6 Å². The average molecular weight is 612 g/mol. The fraction of sp³-hybridized carbons (Fsp3) is 0.250. The van der Waals surface area contributed by atoms with Crippen LogP contribution in [-0.4, -0.2) is 67.5 Å². The molecule has 9 nitrogen and oxygen atoms in total. The maximum Gasteiger partial charge on any atom is 0.352 e. The zero-order valence-corrected chi connectivity index (χ0v) is 22.5. The van der Waals surface area contributed by atoms with Crippen LogP contribution < -0.4 is 11.1 Å². The molecule has 0 radical (unpaired) electrons. The van der Waals surface area contributed by atoms with Crippen LogP contribution in [0, 0.1) is 0 Å². The van der Waals surface area contributed by atoms with Crippen LogP contribution in [0.3, 0.4) is 0 Å². The van der Waals surface area contributed by atoms with Crippen LogP contribution in [0.15, 0.2) is 57.5 Å². The normalized spacial score (nSPS) is 10.3. The van der Waals surface area contributed by atoms with Crippen LogP contribution in [0.5, 0.6) is 0 Å². The van der Waals surface area contributed by atoms with Gasteiger partial charge in [0, 0.05) is 58.1 Å². The summed E-state index contributed by atoms with van der Waals surface area (Å²) in [5.41, 5.74) is 7.58. The van der Waals surface area contributed by atoms with Gasteiger partial charge in [-0.05, 0) is 48.5 Å². The lowest BCUT2D eigenvalue weighted by molar-refractivity contribution is 0.0691. The highest BCUT2D eigenvalue weighted by Gasteiger charge is 2.09. The monoisotopic (exact) mass is 610 g/mol. The van der Waals surface area contributed by atoms with Crippen molar-refractivity contribution in [3.63, 3.8) is 0 Å². The Morgan fingerprint density at radius 2 is 1.40 bits per heavy atom. The number of aromatic amines is 2. The van der Waals surface area contributed by atoms with Crippen LogP contribution >= 0.6 is 31.9 Å². The molecule has 0 fully saturated rings. The highest BCUT2D eigenvalue weighted by atomic mass is 79.9. The number of rotatable bonds is 7. The SMILES string of the molecule is COCCN.COCCNC(=O)c1cc2cc(Br)ccc2[nH]1.O=C(O)c1cc2cc(Br)ccc2[nH]1. The van der Waals surface area contributed by atoms with Crippen molar-refractivity contribution in [2.45, 2.75) is 0 Å². The fourth-order valence-corrected chi connectivity index (χ4v) is 3.68. The minimum absolute atomic E-state index is 0.116. The molecule has 0 saturated carbocycles. The number of aromatic carboxylic acids is 1. The fourth-order valence-electron chi connectivity index (χ4n) is 2.92. The number of ether oxygens (including phenoxy) is 2. The van der Waals surface area contributed by atoms with E-state index < -0.39 is 5.97 Å². The molecule has 0 spiro atoms. The Morgan fingerprint density at radius 1 is 0.886 bits per heavy atom. The molecule has 0 aliphatic heterocycles. The number of hydrogen-bond donors (Lipinski definition) is 5. The first kappa shape index (κ1) is 28.5. The third-order valence-electron chi connectivity index (χ3n) is 4.55. The number of nitrogens with two attached hydrogens (primary N) is 1. The van der Waals surface area contributed by atoms with Crippen LogP contribution in [-0.2, 0) is 9.47 Å². The van der Waals surface area contributed by atoms with Gasteiger partial charge in [0.1, 0.15) is 11.4 Å². The highest BCUT2D eigenvalue weighted by Crippen LogP contribution is 2.21. The van der Waals surface area contributed by atoms with E-state index in [1.807, 2.05) is 42.5 Å². The average Bonchev–Trinajstić information content (AvgIpc) is 3.44. The number of hydrogen-bond acceptors (Lipinski definition) is 5. The first-order chi connectivity index (χ1) is 16.8. The van der Waals surface area contributed by atoms with Gasteiger partial charge in [0.15, 0.2) is 0 Å². The summed E-state index contributed by atoms with van der Waals surface area (Å²) in [5.74, 6) is -1.05. The summed E-state index contributed by atoms with van der Waals surface area (Å²) in [4.78, 5) is 28.3. The number of benzene rings is 2. The number of amides is 1. The van der Waals surface area contributed by atoms with E-state index in [0.717, 1.165) is 30.8 Å². The summed E-state index contributed by atoms with van der Waals surface area (Å²) < 4.78 is 11.4. The lowest BCUT2D eigenvalue weighted by Crippen LogP contribution is -2.27. The van der Waals surface area contributed by atoms with Gasteiger partial charge in [-0.3, -0.25) is 4.79 Å². The number of carboxylic acids is 1. The molecule has 6 N–H and O–H groups in total. The van der Waals surface area contributed by atoms with Gasteiger partial charge < -0.3 is 35.6 Å². The van der Waals surface area contributed by atoms with Gasteiger partial charge in [-0.25, -0.2) is 4.79 Å². The van der Waals surface area contributed by atoms with E-state index in [9.17, 15) is 9.59 Å². The predicted molar refractivity (Wildman–Crippen MR) is 144 cm³/mol. The van der Waals surface area contributed by atoms with Crippen molar-refractivity contribution in [3.05, 3.63) is 68.9 Å².